The van der Waals surface area contributed by atoms with Crippen LogP contribution >= 0.6 is 0 Å². The number of guanidine groups is 1. The normalized spacial score (nSPS) is 11.2. The highest BCUT2D eigenvalue weighted by molar-refractivity contribution is 5.79. The van der Waals surface area contributed by atoms with Gasteiger partial charge in [0, 0.05) is 38.0 Å². The average molecular weight is 331 g/mol. The molecule has 0 bridgehead atoms. The summed E-state index contributed by atoms with van der Waals surface area (Å²) < 4.78 is 12.5. The van der Waals surface area contributed by atoms with Gasteiger partial charge in [0.25, 0.3) is 0 Å². The molecule has 2 aromatic rings. The predicted octanol–water partition coefficient (Wildman–Crippen LogP) is 1.57. The zero-order valence-corrected chi connectivity index (χ0v) is 14.7. The van der Waals surface area contributed by atoms with Gasteiger partial charge in [-0.3, -0.25) is 9.67 Å². The molecule has 2 N–H and O–H groups in total. The third-order valence-electron chi connectivity index (χ3n) is 3.56. The van der Waals surface area contributed by atoms with Crippen LogP contribution in [0, 0.1) is 6.92 Å². The first-order valence-electron chi connectivity index (χ1n) is 7.80. The fourth-order valence-corrected chi connectivity index (χ4v) is 2.28. The lowest BCUT2D eigenvalue weighted by Gasteiger charge is -2.14. The van der Waals surface area contributed by atoms with E-state index in [0.29, 0.717) is 6.54 Å². The third kappa shape index (κ3) is 4.91. The molecule has 2 rings (SSSR count). The van der Waals surface area contributed by atoms with E-state index >= 15 is 0 Å². The van der Waals surface area contributed by atoms with Gasteiger partial charge in [0.05, 0.1) is 27.0 Å². The second-order valence-corrected chi connectivity index (χ2v) is 5.31. The highest BCUT2D eigenvalue weighted by atomic mass is 16.5. The Morgan fingerprint density at radius 2 is 2.08 bits per heavy atom. The molecule has 0 aliphatic rings. The van der Waals surface area contributed by atoms with Gasteiger partial charge >= 0.3 is 0 Å². The van der Waals surface area contributed by atoms with Gasteiger partial charge in [-0.25, -0.2) is 0 Å². The second-order valence-electron chi connectivity index (χ2n) is 5.31. The summed E-state index contributed by atoms with van der Waals surface area (Å²) in [7, 11) is 5.04. The van der Waals surface area contributed by atoms with E-state index in [1.807, 2.05) is 42.2 Å². The van der Waals surface area contributed by atoms with Gasteiger partial charge in [-0.05, 0) is 24.6 Å². The molecule has 0 aliphatic heterocycles. The summed E-state index contributed by atoms with van der Waals surface area (Å²) >= 11 is 0. The molecule has 130 valence electrons. The Hall–Kier alpha value is -2.70. The van der Waals surface area contributed by atoms with E-state index in [1.54, 1.807) is 21.3 Å². The molecule has 0 radical (unpaired) electrons. The molecule has 0 aliphatic carbocycles. The van der Waals surface area contributed by atoms with Crippen molar-refractivity contribution < 1.29 is 9.47 Å². The number of hydrogen-bond donors (Lipinski definition) is 2. The van der Waals surface area contributed by atoms with E-state index in [-0.39, 0.29) is 0 Å². The van der Waals surface area contributed by atoms with Crippen LogP contribution in [0.1, 0.15) is 11.1 Å². The van der Waals surface area contributed by atoms with Crippen LogP contribution in [0.5, 0.6) is 11.5 Å². The largest absolute Gasteiger partial charge is 0.497 e. The SMILES string of the molecule is CN=C(NCCn1cc(C)cn1)NCc1ccc(OC)cc1OC. The fourth-order valence-electron chi connectivity index (χ4n) is 2.28. The zero-order chi connectivity index (χ0) is 17.4. The zero-order valence-electron chi connectivity index (χ0n) is 14.7. The molecule has 1 aromatic heterocycles. The van der Waals surface area contributed by atoms with E-state index in [1.165, 1.54) is 0 Å². The third-order valence-corrected chi connectivity index (χ3v) is 3.56. The van der Waals surface area contributed by atoms with E-state index in [0.717, 1.165) is 41.7 Å². The molecule has 7 nitrogen and oxygen atoms in total. The number of nitrogens with zero attached hydrogens (tertiary/aromatic N) is 3. The Balaban J connectivity index is 1.85. The molecule has 0 saturated carbocycles. The lowest BCUT2D eigenvalue weighted by Crippen LogP contribution is -2.38. The number of benzene rings is 1. The first kappa shape index (κ1) is 17.7. The van der Waals surface area contributed by atoms with Gasteiger partial charge < -0.3 is 20.1 Å². The van der Waals surface area contributed by atoms with E-state index in [2.05, 4.69) is 20.7 Å². The quantitative estimate of drug-likeness (QED) is 0.595. The molecule has 1 aromatic carbocycles. The topological polar surface area (TPSA) is 72.7 Å². The number of hydrogen-bond acceptors (Lipinski definition) is 4. The number of aromatic nitrogens is 2. The van der Waals surface area contributed by atoms with Crippen molar-refractivity contribution in [3.8, 4) is 11.5 Å². The molecule has 0 atom stereocenters. The Kier molecular flexibility index (Phi) is 6.48. The van der Waals surface area contributed by atoms with Gasteiger partial charge in [0.15, 0.2) is 5.96 Å². The molecule has 0 fully saturated rings. The summed E-state index contributed by atoms with van der Waals surface area (Å²) in [6.07, 6.45) is 3.86. The summed E-state index contributed by atoms with van der Waals surface area (Å²) in [4.78, 5) is 4.23. The molecule has 0 spiro atoms. The van der Waals surface area contributed by atoms with Gasteiger partial charge in [0.1, 0.15) is 11.5 Å². The Bertz CT molecular complexity index is 681. The summed E-state index contributed by atoms with van der Waals surface area (Å²) in [6.45, 7) is 4.15. The number of rotatable bonds is 7. The minimum Gasteiger partial charge on any atom is -0.497 e. The van der Waals surface area contributed by atoms with Crippen molar-refractivity contribution in [2.75, 3.05) is 27.8 Å². The molecule has 7 heteroatoms. The molecular weight excluding hydrogens is 306 g/mol. The fraction of sp³-hybridized carbons (Fsp3) is 0.412. The van der Waals surface area contributed by atoms with Gasteiger partial charge in [-0.1, -0.05) is 0 Å². The van der Waals surface area contributed by atoms with Crippen LogP contribution in [0.2, 0.25) is 0 Å². The minimum atomic E-state index is 0.605. The standard InChI is InChI=1S/C17H25N5O2/c1-13-10-21-22(12-13)8-7-19-17(18-2)20-11-14-5-6-15(23-3)9-16(14)24-4/h5-6,9-10,12H,7-8,11H2,1-4H3,(H2,18,19,20). The van der Waals surface area contributed by atoms with Gasteiger partial charge in [-0.2, -0.15) is 5.10 Å². The van der Waals surface area contributed by atoms with Gasteiger partial charge in [-0.15, -0.1) is 0 Å². The lowest BCUT2D eigenvalue weighted by molar-refractivity contribution is 0.390. The predicted molar refractivity (Wildman–Crippen MR) is 94.7 cm³/mol. The van der Waals surface area contributed by atoms with E-state index in [9.17, 15) is 0 Å². The van der Waals surface area contributed by atoms with Gasteiger partial charge in [0.2, 0.25) is 0 Å². The van der Waals surface area contributed by atoms with Crippen molar-refractivity contribution in [2.24, 2.45) is 4.99 Å². The molecule has 0 unspecified atom stereocenters. The van der Waals surface area contributed by atoms with Crippen LogP contribution in [0.3, 0.4) is 0 Å². The second kappa shape index (κ2) is 8.81. The van der Waals surface area contributed by atoms with E-state index in [4.69, 9.17) is 9.47 Å². The van der Waals surface area contributed by atoms with Crippen molar-refractivity contribution in [3.05, 3.63) is 41.7 Å². The maximum atomic E-state index is 5.40. The molecular formula is C17H25N5O2. The molecule has 0 saturated heterocycles. The monoisotopic (exact) mass is 331 g/mol. The molecule has 0 amide bonds. The minimum absolute atomic E-state index is 0.605. The Morgan fingerprint density at radius 1 is 1.25 bits per heavy atom. The summed E-state index contributed by atoms with van der Waals surface area (Å²) in [5, 5.41) is 10.8. The van der Waals surface area contributed by atoms with E-state index < -0.39 is 0 Å². The summed E-state index contributed by atoms with van der Waals surface area (Å²) in [5.41, 5.74) is 2.19. The molecule has 1 heterocycles. The number of nitrogens with one attached hydrogen (secondary N) is 2. The van der Waals surface area contributed by atoms with Crippen LogP contribution in [0.15, 0.2) is 35.6 Å². The lowest BCUT2D eigenvalue weighted by atomic mass is 10.2. The van der Waals surface area contributed by atoms with Crippen molar-refractivity contribution >= 4 is 5.96 Å². The Morgan fingerprint density at radius 3 is 2.71 bits per heavy atom. The number of aliphatic imine (C=N–C) groups is 1. The summed E-state index contributed by atoms with van der Waals surface area (Å²) in [6, 6.07) is 5.76. The van der Waals surface area contributed by atoms with Crippen LogP contribution in [0.4, 0.5) is 0 Å². The maximum Gasteiger partial charge on any atom is 0.191 e. The van der Waals surface area contributed by atoms with Crippen LogP contribution < -0.4 is 20.1 Å². The van der Waals surface area contributed by atoms with Crippen molar-refractivity contribution in [1.29, 1.82) is 0 Å². The summed E-state index contributed by atoms with van der Waals surface area (Å²) in [5.74, 6) is 2.29. The van der Waals surface area contributed by atoms with Crippen LogP contribution in [-0.4, -0.2) is 43.6 Å². The Labute approximate surface area is 142 Å². The number of ether oxygens (including phenoxy) is 2. The molecule has 24 heavy (non-hydrogen) atoms. The highest BCUT2D eigenvalue weighted by Crippen LogP contribution is 2.24. The number of aryl methyl sites for hydroxylation is 1. The smallest absolute Gasteiger partial charge is 0.191 e. The number of methoxy groups -OCH3 is 2. The average Bonchev–Trinajstić information content (AvgIpc) is 3.03. The van der Waals surface area contributed by atoms with Crippen LogP contribution in [-0.2, 0) is 13.1 Å². The first-order chi connectivity index (χ1) is 11.7. The van der Waals surface area contributed by atoms with Crippen molar-refractivity contribution in [2.45, 2.75) is 20.0 Å². The first-order valence-corrected chi connectivity index (χ1v) is 7.80. The van der Waals surface area contributed by atoms with Crippen LogP contribution in [0.25, 0.3) is 0 Å². The maximum absolute atomic E-state index is 5.40. The highest BCUT2D eigenvalue weighted by Gasteiger charge is 2.06. The van der Waals surface area contributed by atoms with Crippen molar-refractivity contribution in [1.82, 2.24) is 20.4 Å². The van der Waals surface area contributed by atoms with Crippen molar-refractivity contribution in [3.63, 3.8) is 0 Å².